The maximum absolute atomic E-state index is 5.61. The van der Waals surface area contributed by atoms with Crippen molar-refractivity contribution >= 4 is 8.80 Å². The zero-order chi connectivity index (χ0) is 15.2. The molecule has 0 radical (unpaired) electrons. The van der Waals surface area contributed by atoms with Crippen molar-refractivity contribution in [2.45, 2.75) is 47.7 Å². The third-order valence-corrected chi connectivity index (χ3v) is 20.0. The quantitative estimate of drug-likeness (QED) is 0.453. The van der Waals surface area contributed by atoms with Gasteiger partial charge in [-0.2, -0.15) is 0 Å². The Morgan fingerprint density at radius 1 is 1.00 bits per heavy atom. The van der Waals surface area contributed by atoms with Crippen LogP contribution in [0.15, 0.2) is 21.7 Å². The Hall–Kier alpha value is 0.265. The molecule has 3 nitrogen and oxygen atoms in total. The maximum atomic E-state index is 5.61. The molecule has 0 bridgehead atoms. The molecule has 20 heavy (non-hydrogen) atoms. The molecule has 1 aliphatic carbocycles. The first-order chi connectivity index (χ1) is 9.56. The zero-order valence-electron chi connectivity index (χ0n) is 13.7. The van der Waals surface area contributed by atoms with E-state index in [0.717, 1.165) is 12.5 Å². The van der Waals surface area contributed by atoms with Gasteiger partial charge in [-0.25, -0.2) is 0 Å². The Balaban J connectivity index is 3.12. The van der Waals surface area contributed by atoms with Crippen molar-refractivity contribution in [3.63, 3.8) is 0 Å². The third-order valence-electron chi connectivity index (χ3n) is 3.96. The van der Waals surface area contributed by atoms with Gasteiger partial charge in [-0.1, -0.05) is 0 Å². The normalized spacial score (nSPS) is 17.1. The van der Waals surface area contributed by atoms with Crippen molar-refractivity contribution in [1.29, 1.82) is 0 Å². The van der Waals surface area contributed by atoms with Gasteiger partial charge < -0.3 is 0 Å². The second-order valence-electron chi connectivity index (χ2n) is 4.45. The molecule has 0 aromatic carbocycles. The first kappa shape index (κ1) is 18.3. The number of hydrogen-bond donors (Lipinski definition) is 0. The van der Waals surface area contributed by atoms with E-state index in [1.54, 1.807) is 25.3 Å². The number of hydrogen-bond acceptors (Lipinski definition) is 3. The van der Waals surface area contributed by atoms with Crippen molar-refractivity contribution in [3.05, 3.63) is 21.7 Å². The van der Waals surface area contributed by atoms with Gasteiger partial charge in [0.05, 0.1) is 0 Å². The Morgan fingerprint density at radius 2 is 1.50 bits per heavy atom. The van der Waals surface area contributed by atoms with E-state index in [9.17, 15) is 0 Å². The van der Waals surface area contributed by atoms with Crippen LogP contribution in [0.4, 0.5) is 0 Å². The minimum atomic E-state index is -2.52. The van der Waals surface area contributed by atoms with Gasteiger partial charge in [0.2, 0.25) is 0 Å². The standard InChI is InChI=1S/C9H15O3Si.3C2H5.Pt/c1-10-13(11-2,12-3)8-9-6-4-5-7-9;3*1-2;/h4,6H,5,8H2,1-3H3;3*1H2,2H3;. The molecule has 122 valence electrons. The molecule has 0 N–H and O–H groups in total. The SMILES string of the molecule is C[CH2][Pt]([CH2]C)([CH2]C)[C]1=C(C[Si](OC)(OC)OC)C=CC1. The second-order valence-corrected chi connectivity index (χ2v) is 19.4. The molecule has 0 fully saturated rings. The summed E-state index contributed by atoms with van der Waals surface area (Å²) in [5.74, 6) is 0. The van der Waals surface area contributed by atoms with Crippen molar-refractivity contribution in [1.82, 2.24) is 0 Å². The van der Waals surface area contributed by atoms with Crippen LogP contribution < -0.4 is 0 Å². The predicted molar refractivity (Wildman–Crippen MR) is 83.8 cm³/mol. The Kier molecular flexibility index (Phi) is 7.37. The molecule has 0 unspecified atom stereocenters. The topological polar surface area (TPSA) is 27.7 Å². The van der Waals surface area contributed by atoms with E-state index in [-0.39, 0.29) is 0 Å². The van der Waals surface area contributed by atoms with Crippen molar-refractivity contribution < 1.29 is 29.3 Å². The van der Waals surface area contributed by atoms with Crippen molar-refractivity contribution in [2.75, 3.05) is 21.3 Å². The Morgan fingerprint density at radius 3 is 1.90 bits per heavy atom. The van der Waals surface area contributed by atoms with Gasteiger partial charge in [0.25, 0.3) is 0 Å². The summed E-state index contributed by atoms with van der Waals surface area (Å²) >= 11 is -1.80. The molecule has 0 spiro atoms. The predicted octanol–water partition coefficient (Wildman–Crippen LogP) is 4.55. The molecular weight excluding hydrogens is 451 g/mol. The number of rotatable bonds is 9. The van der Waals surface area contributed by atoms with E-state index in [2.05, 4.69) is 32.9 Å². The van der Waals surface area contributed by atoms with Gasteiger partial charge in [0, 0.05) is 0 Å². The average molecular weight is 482 g/mol. The Labute approximate surface area is 129 Å². The molecule has 0 saturated heterocycles. The van der Waals surface area contributed by atoms with E-state index >= 15 is 0 Å². The van der Waals surface area contributed by atoms with Crippen LogP contribution in [0.1, 0.15) is 27.2 Å². The van der Waals surface area contributed by atoms with Crippen LogP contribution in [-0.4, -0.2) is 30.1 Å². The zero-order valence-corrected chi connectivity index (χ0v) is 17.0. The van der Waals surface area contributed by atoms with E-state index in [1.165, 1.54) is 20.0 Å². The van der Waals surface area contributed by atoms with Gasteiger partial charge in [-0.3, -0.25) is 0 Å². The van der Waals surface area contributed by atoms with E-state index in [0.29, 0.717) is 0 Å². The summed E-state index contributed by atoms with van der Waals surface area (Å²) in [6.07, 6.45) is 5.74. The molecule has 0 aliphatic heterocycles. The van der Waals surface area contributed by atoms with Crippen molar-refractivity contribution in [3.8, 4) is 0 Å². The molecule has 0 atom stereocenters. The van der Waals surface area contributed by atoms with E-state index in [1.807, 2.05) is 0 Å². The fraction of sp³-hybridized carbons (Fsp3) is 0.733. The molecular formula is C15H30O3PtSi. The fourth-order valence-electron chi connectivity index (χ4n) is 2.59. The molecule has 0 heterocycles. The van der Waals surface area contributed by atoms with Crippen LogP contribution in [0, 0.1) is 0 Å². The van der Waals surface area contributed by atoms with Crippen LogP contribution in [0.25, 0.3) is 0 Å². The fourth-order valence-corrected chi connectivity index (χ4v) is 14.2. The van der Waals surface area contributed by atoms with Gasteiger partial charge in [-0.05, 0) is 0 Å². The van der Waals surface area contributed by atoms with Crippen LogP contribution in [0.3, 0.4) is 0 Å². The van der Waals surface area contributed by atoms with Crippen LogP contribution >= 0.6 is 0 Å². The molecule has 0 saturated carbocycles. The van der Waals surface area contributed by atoms with Crippen LogP contribution in [-0.2, 0) is 29.3 Å². The molecule has 0 amide bonds. The molecule has 1 aliphatic rings. The average Bonchev–Trinajstić information content (AvgIpc) is 2.96. The van der Waals surface area contributed by atoms with Gasteiger partial charge in [-0.15, -0.1) is 0 Å². The summed E-state index contributed by atoms with van der Waals surface area (Å²) < 4.78 is 18.6. The van der Waals surface area contributed by atoms with Crippen LogP contribution in [0.2, 0.25) is 20.5 Å². The summed E-state index contributed by atoms with van der Waals surface area (Å²) in [5.41, 5.74) is 1.45. The molecule has 5 heteroatoms. The molecule has 0 aromatic heterocycles. The van der Waals surface area contributed by atoms with Gasteiger partial charge >= 0.3 is 129 Å². The Bertz CT molecular complexity index is 355. The minimum absolute atomic E-state index is 0.813. The molecule has 1 rings (SSSR count). The first-order valence-corrected chi connectivity index (χ1v) is 15.0. The second kappa shape index (κ2) is 8.04. The monoisotopic (exact) mass is 481 g/mol. The van der Waals surface area contributed by atoms with E-state index in [4.69, 9.17) is 13.3 Å². The summed E-state index contributed by atoms with van der Waals surface area (Å²) in [6.45, 7) is 7.13. The third kappa shape index (κ3) is 3.53. The number of allylic oxidation sites excluding steroid dienone is 4. The summed E-state index contributed by atoms with van der Waals surface area (Å²) in [7, 11) is 2.58. The summed E-state index contributed by atoms with van der Waals surface area (Å²) in [5, 5.41) is 0. The van der Waals surface area contributed by atoms with E-state index < -0.39 is 24.9 Å². The summed E-state index contributed by atoms with van der Waals surface area (Å²) in [6, 6.07) is 0.813. The van der Waals surface area contributed by atoms with Gasteiger partial charge in [0.1, 0.15) is 0 Å². The van der Waals surface area contributed by atoms with Crippen LogP contribution in [0.5, 0.6) is 0 Å². The summed E-state index contributed by atoms with van der Waals surface area (Å²) in [4.78, 5) is 4.09. The first-order valence-electron chi connectivity index (χ1n) is 7.13. The van der Waals surface area contributed by atoms with Crippen molar-refractivity contribution in [2.24, 2.45) is 0 Å². The molecule has 0 aromatic rings. The van der Waals surface area contributed by atoms with Gasteiger partial charge in [0.15, 0.2) is 0 Å².